The first-order valence-corrected chi connectivity index (χ1v) is 6.83. The summed E-state index contributed by atoms with van der Waals surface area (Å²) >= 11 is -11.7. The summed E-state index contributed by atoms with van der Waals surface area (Å²) in [6.45, 7) is 0. The fourth-order valence-electron chi connectivity index (χ4n) is 0. The Hall–Kier alpha value is 4.84. The Morgan fingerprint density at radius 2 is 0.438 bits per heavy atom. The van der Waals surface area contributed by atoms with Crippen molar-refractivity contribution in [2.75, 3.05) is 0 Å². The van der Waals surface area contributed by atoms with Gasteiger partial charge in [0.1, 0.15) is 0 Å². The van der Waals surface area contributed by atoms with Crippen molar-refractivity contribution in [2.45, 2.75) is 0 Å². The van der Waals surface area contributed by atoms with E-state index >= 15 is 0 Å². The van der Waals surface area contributed by atoms with Gasteiger partial charge in [-0.2, -0.15) is 0 Å². The zero-order valence-corrected chi connectivity index (χ0v) is 22.6. The first-order chi connectivity index (χ1) is 4.00. The quantitative estimate of drug-likeness (QED) is 0.320. The van der Waals surface area contributed by atoms with E-state index in [0.29, 0.717) is 0 Å². The third-order valence-corrected chi connectivity index (χ3v) is 0. The molecule has 0 unspecified atom stereocenters. The Labute approximate surface area is 224 Å². The van der Waals surface area contributed by atoms with E-state index in [1.165, 1.54) is 0 Å². The summed E-state index contributed by atoms with van der Waals surface area (Å²) in [5, 5.41) is 0. The molecule has 10 nitrogen and oxygen atoms in total. The monoisotopic (exact) mass is 490 g/mol. The molecule has 0 aliphatic carbocycles. The van der Waals surface area contributed by atoms with Gasteiger partial charge in [-0.25, -0.2) is 0 Å². The zero-order chi connectivity index (χ0) is 9.00. The second-order valence-corrected chi connectivity index (χ2v) is 4.18. The molecule has 0 fully saturated rings. The van der Waals surface area contributed by atoms with Gasteiger partial charge >= 0.3 is 57.7 Å². The van der Waals surface area contributed by atoms with Crippen LogP contribution in [0.1, 0.15) is 0 Å². The predicted molar refractivity (Wildman–Crippen MR) is 32.4 cm³/mol. The molecule has 0 aromatic rings. The summed E-state index contributed by atoms with van der Waals surface area (Å²) in [7, 11) is 0. The van der Waals surface area contributed by atoms with Crippen LogP contribution in [0.3, 0.4) is 0 Å². The molecule has 16 heavy (non-hydrogen) atoms. The standard InChI is InChI=1S/2K.2Na.2H2O.8O.2Ru/h;;;;2*1H2;;;;;;;;;;/p-2. The van der Waals surface area contributed by atoms with Crippen molar-refractivity contribution in [1.82, 2.24) is 0 Å². The fourth-order valence-corrected chi connectivity index (χ4v) is 0. The van der Waals surface area contributed by atoms with E-state index in [1.807, 2.05) is 0 Å². The van der Waals surface area contributed by atoms with Gasteiger partial charge in [-0.3, -0.25) is 0 Å². The van der Waals surface area contributed by atoms with Crippen LogP contribution in [0.4, 0.5) is 0 Å². The van der Waals surface area contributed by atoms with E-state index in [1.54, 1.807) is 0 Å². The van der Waals surface area contributed by atoms with Crippen LogP contribution in [0.25, 0.3) is 0 Å². The van der Waals surface area contributed by atoms with Crippen molar-refractivity contribution in [3.63, 3.8) is 0 Å². The Bertz CT molecular complexity index is 383. The first kappa shape index (κ1) is 49.8. The third-order valence-electron chi connectivity index (χ3n) is 0. The van der Waals surface area contributed by atoms with Gasteiger partial charge in [0.05, 0.1) is 0 Å². The average Bonchev–Trinajstić information content (AvgIpc) is 1.12. The second-order valence-electron chi connectivity index (χ2n) is 0.707. The molecule has 0 aromatic heterocycles. The van der Waals surface area contributed by atoms with E-state index in [9.17, 15) is 0 Å². The Kier molecular flexibility index (Phi) is 77.2. The molecule has 0 rings (SSSR count). The van der Waals surface area contributed by atoms with Crippen molar-refractivity contribution in [1.29, 1.82) is 0 Å². The molecule has 0 atom stereocenters. The number of rotatable bonds is 0. The molecule has 0 amide bonds. The topological polar surface area (TPSA) is 197 Å². The summed E-state index contributed by atoms with van der Waals surface area (Å²) in [6.07, 6.45) is 0. The van der Waals surface area contributed by atoms with Crippen LogP contribution in [0, 0.1) is 0 Å². The summed E-state index contributed by atoms with van der Waals surface area (Å²) in [6, 6.07) is 0. The molecule has 0 saturated heterocycles. The zero-order valence-electron chi connectivity index (χ0n) is 8.87. The molecule has 0 aliphatic heterocycles. The number of hydrogen-bond acceptors (Lipinski definition) is 10. The van der Waals surface area contributed by atoms with Crippen LogP contribution in [-0.2, 0) is 57.7 Å². The van der Waals surface area contributed by atoms with E-state index in [-0.39, 0.29) is 173 Å². The molecular weight excluding hydrogens is 486 g/mol. The van der Waals surface area contributed by atoms with Crippen LogP contribution in [0.2, 0.25) is 0 Å². The molecule has 2 N–H and O–H groups in total. The van der Waals surface area contributed by atoms with Gasteiger partial charge in [0, 0.05) is 162 Å². The molecule has 0 heterocycles. The van der Waals surface area contributed by atoms with E-state index in [4.69, 9.17) is 28.6 Å². The summed E-state index contributed by atoms with van der Waals surface area (Å²) in [5.74, 6) is 0. The van der Waals surface area contributed by atoms with E-state index < -0.39 is 29.2 Å². The number of hydrogen-bond donors (Lipinski definition) is 0. The first-order valence-electron chi connectivity index (χ1n) is 1.15. The minimum absolute atomic E-state index is 0. The van der Waals surface area contributed by atoms with Crippen LogP contribution in [-0.4, -0.2) is 173 Å². The van der Waals surface area contributed by atoms with Crippen molar-refractivity contribution >= 4 is 162 Å². The van der Waals surface area contributed by atoms with Gasteiger partial charge in [-0.1, -0.05) is 0 Å². The molecule has 16 heteroatoms. The van der Waals surface area contributed by atoms with Gasteiger partial charge in [0.15, 0.2) is 0 Å². The minimum atomic E-state index is -5.86. The van der Waals surface area contributed by atoms with Gasteiger partial charge in [-0.15, -0.1) is 0 Å². The molecule has 0 aliphatic rings. The van der Waals surface area contributed by atoms with Crippen LogP contribution in [0.15, 0.2) is 0 Å². The predicted octanol–water partition coefficient (Wildman–Crippen LogP) is -2.83. The van der Waals surface area contributed by atoms with Gasteiger partial charge in [0.25, 0.3) is 0 Å². The van der Waals surface area contributed by atoms with E-state index in [0.717, 1.165) is 0 Å². The van der Waals surface area contributed by atoms with Gasteiger partial charge in [-0.05, 0) is 0 Å². The van der Waals surface area contributed by atoms with Gasteiger partial charge in [0.2, 0.25) is 0 Å². The Morgan fingerprint density at radius 3 is 0.438 bits per heavy atom. The van der Waals surface area contributed by atoms with Crippen molar-refractivity contribution < 1.29 is 68.7 Å². The maximum absolute atomic E-state index is 8.61. The third kappa shape index (κ3) is 256. The fraction of sp³-hybridized carbons (Fsp3) is 0. The molecule has 0 bridgehead atoms. The van der Waals surface area contributed by atoms with Crippen LogP contribution < -0.4 is 0 Å². The molecule has 0 saturated carbocycles. The summed E-state index contributed by atoms with van der Waals surface area (Å²) in [5.41, 5.74) is 0. The van der Waals surface area contributed by atoms with Gasteiger partial charge < -0.3 is 11.0 Å². The Morgan fingerprint density at radius 1 is 0.438 bits per heavy atom. The molecule has 4 radical (unpaired) electrons. The SMILES string of the molecule is [K].[K].[Na].[Na].[OH-].[OH-].[O]=[Ru](=[O])(=[O])=[O].[O]=[Ru](=[O])(=[O])=[O]. The van der Waals surface area contributed by atoms with Crippen LogP contribution >= 0.6 is 0 Å². The molecule has 0 aromatic carbocycles. The molecular formula is H2K2Na2O10Ru2-2. The summed E-state index contributed by atoms with van der Waals surface area (Å²) in [4.78, 5) is 0. The summed E-state index contributed by atoms with van der Waals surface area (Å²) < 4.78 is 68.9. The van der Waals surface area contributed by atoms with Crippen LogP contribution in [0.5, 0.6) is 0 Å². The van der Waals surface area contributed by atoms with E-state index in [2.05, 4.69) is 0 Å². The van der Waals surface area contributed by atoms with Crippen molar-refractivity contribution in [2.24, 2.45) is 0 Å². The molecule has 0 spiro atoms. The molecule has 84 valence electrons. The maximum atomic E-state index is 8.61. The second kappa shape index (κ2) is 24.8. The average molecular weight is 488 g/mol. The normalized spacial score (nSPS) is 7.00. The van der Waals surface area contributed by atoms with Crippen molar-refractivity contribution in [3.8, 4) is 0 Å². The van der Waals surface area contributed by atoms with Crippen molar-refractivity contribution in [3.05, 3.63) is 0 Å². The Balaban J connectivity index is -0.00000000970.